The number of carbonyl (C=O) groups excluding carboxylic acids is 4. The Balaban J connectivity index is 0.747. The summed E-state index contributed by atoms with van der Waals surface area (Å²) in [6.45, 7) is 7.08. The van der Waals surface area contributed by atoms with E-state index in [2.05, 4.69) is 67.5 Å². The predicted octanol–water partition coefficient (Wildman–Crippen LogP) is 5.65. The molecule has 2 aliphatic rings. The summed E-state index contributed by atoms with van der Waals surface area (Å²) in [6.07, 6.45) is 11.7. The molecule has 6 aromatic rings. The second-order valence-corrected chi connectivity index (χ2v) is 15.0. The summed E-state index contributed by atoms with van der Waals surface area (Å²) < 4.78 is 5.97. The number of nitrogens with one attached hydrogen (secondary N) is 2. The van der Waals surface area contributed by atoms with Crippen molar-refractivity contribution >= 4 is 51.8 Å². The van der Waals surface area contributed by atoms with Gasteiger partial charge in [0.05, 0.1) is 6.61 Å². The lowest BCUT2D eigenvalue weighted by molar-refractivity contribution is -0.139. The summed E-state index contributed by atoms with van der Waals surface area (Å²) in [5.74, 6) is -0.187. The number of carbonyl (C=O) groups is 4. The van der Waals surface area contributed by atoms with Crippen LogP contribution in [0, 0.1) is 6.92 Å². The molecule has 0 aliphatic carbocycles. The molecule has 0 bridgehead atoms. The molecule has 8 rings (SSSR count). The van der Waals surface area contributed by atoms with Crippen molar-refractivity contribution in [3.63, 3.8) is 0 Å². The molecule has 0 spiro atoms. The lowest BCUT2D eigenvalue weighted by atomic mass is 10.0. The van der Waals surface area contributed by atoms with Crippen LogP contribution in [0.15, 0.2) is 91.5 Å². The van der Waals surface area contributed by atoms with Crippen molar-refractivity contribution in [1.82, 2.24) is 35.1 Å². The Labute approximate surface area is 336 Å². The quantitative estimate of drug-likeness (QED) is 0.0806. The van der Waals surface area contributed by atoms with E-state index in [0.717, 1.165) is 108 Å². The van der Waals surface area contributed by atoms with E-state index in [1.165, 1.54) is 5.39 Å². The number of hydrogen-bond donors (Lipinski definition) is 2. The maximum Gasteiger partial charge on any atom is 0.261 e. The molecule has 1 unspecified atom stereocenters. The van der Waals surface area contributed by atoms with Gasteiger partial charge in [0.2, 0.25) is 18.2 Å². The largest absolute Gasteiger partial charge is 0.494 e. The van der Waals surface area contributed by atoms with Gasteiger partial charge < -0.3 is 14.6 Å². The zero-order valence-corrected chi connectivity index (χ0v) is 32.5. The highest BCUT2D eigenvalue weighted by Gasteiger charge is 2.35. The van der Waals surface area contributed by atoms with Crippen molar-refractivity contribution in [3.8, 4) is 16.9 Å². The van der Waals surface area contributed by atoms with Crippen LogP contribution in [0.1, 0.15) is 52.9 Å². The molecular weight excluding hydrogens is 733 g/mol. The third-order valence-corrected chi connectivity index (χ3v) is 11.2. The number of fused-ring (bicyclic) bond motifs is 3. The van der Waals surface area contributed by atoms with Gasteiger partial charge in [0.25, 0.3) is 5.91 Å². The molecule has 58 heavy (non-hydrogen) atoms. The molecule has 2 N–H and O–H groups in total. The highest BCUT2D eigenvalue weighted by Crippen LogP contribution is 2.29. The molecule has 13 heteroatoms. The van der Waals surface area contributed by atoms with Gasteiger partial charge in [-0.25, -0.2) is 4.98 Å². The van der Waals surface area contributed by atoms with E-state index in [1.54, 1.807) is 25.1 Å². The van der Waals surface area contributed by atoms with Gasteiger partial charge in [0.1, 0.15) is 17.6 Å². The molecule has 2 saturated heterocycles. The Morgan fingerprint density at radius 2 is 1.74 bits per heavy atom. The second-order valence-electron chi connectivity index (χ2n) is 15.0. The number of pyridine rings is 3. The van der Waals surface area contributed by atoms with E-state index >= 15 is 0 Å². The van der Waals surface area contributed by atoms with Crippen LogP contribution in [0.3, 0.4) is 0 Å². The number of hydrogen-bond acceptors (Lipinski definition) is 10. The van der Waals surface area contributed by atoms with Crippen LogP contribution in [0.2, 0.25) is 0 Å². The van der Waals surface area contributed by atoms with Gasteiger partial charge in [0, 0.05) is 96.0 Å². The monoisotopic (exact) mass is 778 g/mol. The average Bonchev–Trinajstić information content (AvgIpc) is 3.63. The topological polar surface area (TPSA) is 154 Å². The Hall–Kier alpha value is -6.47. The number of nitrogens with zero attached hydrogens (tertiary/aromatic N) is 6. The van der Waals surface area contributed by atoms with E-state index in [1.807, 2.05) is 30.9 Å². The molecule has 296 valence electrons. The molecule has 6 heterocycles. The molecule has 1 atom stereocenters. The van der Waals surface area contributed by atoms with Gasteiger partial charge in [-0.15, -0.1) is 0 Å². The summed E-state index contributed by atoms with van der Waals surface area (Å²) in [5.41, 5.74) is 7.60. The minimum absolute atomic E-state index is 0.0633. The number of anilines is 1. The van der Waals surface area contributed by atoms with Crippen LogP contribution in [0.4, 0.5) is 5.82 Å². The lowest BCUT2D eigenvalue weighted by Gasteiger charge is -2.35. The second kappa shape index (κ2) is 17.3. The fourth-order valence-corrected chi connectivity index (χ4v) is 7.84. The number of imide groups is 2. The van der Waals surface area contributed by atoms with Gasteiger partial charge in [-0.3, -0.25) is 44.3 Å². The first-order chi connectivity index (χ1) is 28.3. The normalized spacial score (nSPS) is 16.1. The van der Waals surface area contributed by atoms with E-state index in [0.29, 0.717) is 24.3 Å². The van der Waals surface area contributed by atoms with Crippen LogP contribution < -0.4 is 15.0 Å². The molecule has 2 aliphatic heterocycles. The minimum atomic E-state index is -1.03. The molecule has 0 radical (unpaired) electrons. The number of benzene rings is 2. The first-order valence-electron chi connectivity index (χ1n) is 19.9. The standard InChI is InChI=1S/C45H46N8O5/c1-30-6-11-35(25-37(30)45(57)53(29-54)41-13-15-43(55)50-44(41)56)58-23-3-4-31-7-14-42(48-26-31)52-21-19-51(20-22-52)18-2-5-34-10-8-33(27-47-34)32-9-12-36-38-28-46-17-16-39(38)49-40(36)24-32/h6-12,14,16-17,24-29,41,49H,2-5,13,15,18-23H2,1H3,(H,50,55,56). The minimum Gasteiger partial charge on any atom is -0.494 e. The third-order valence-electron chi connectivity index (χ3n) is 11.2. The number of piperazine rings is 1. The Kier molecular flexibility index (Phi) is 11.5. The van der Waals surface area contributed by atoms with E-state index in [-0.39, 0.29) is 18.4 Å². The number of H-pyrrole nitrogens is 1. The van der Waals surface area contributed by atoms with Crippen LogP contribution in [0.25, 0.3) is 32.9 Å². The maximum absolute atomic E-state index is 13.3. The highest BCUT2D eigenvalue weighted by atomic mass is 16.5. The number of aromatic nitrogens is 4. The number of aryl methyl sites for hydroxylation is 3. The Morgan fingerprint density at radius 3 is 2.52 bits per heavy atom. The van der Waals surface area contributed by atoms with Crippen molar-refractivity contribution in [3.05, 3.63) is 114 Å². The Bertz CT molecular complexity index is 2440. The number of rotatable bonds is 14. The number of ether oxygens (including phenoxy) is 1. The third kappa shape index (κ3) is 8.59. The highest BCUT2D eigenvalue weighted by molar-refractivity contribution is 6.08. The van der Waals surface area contributed by atoms with Crippen molar-refractivity contribution in [2.24, 2.45) is 0 Å². The summed E-state index contributed by atoms with van der Waals surface area (Å²) in [6, 6.07) is 21.1. The van der Waals surface area contributed by atoms with Crippen molar-refractivity contribution in [1.29, 1.82) is 0 Å². The van der Waals surface area contributed by atoms with Crippen LogP contribution >= 0.6 is 0 Å². The van der Waals surface area contributed by atoms with Gasteiger partial charge in [-0.2, -0.15) is 0 Å². The van der Waals surface area contributed by atoms with Gasteiger partial charge >= 0.3 is 0 Å². The fourth-order valence-electron chi connectivity index (χ4n) is 7.84. The molecule has 4 aromatic heterocycles. The van der Waals surface area contributed by atoms with E-state index in [9.17, 15) is 19.2 Å². The van der Waals surface area contributed by atoms with Gasteiger partial charge in [0.15, 0.2) is 0 Å². The predicted molar refractivity (Wildman–Crippen MR) is 221 cm³/mol. The first kappa shape index (κ1) is 38.4. The lowest BCUT2D eigenvalue weighted by Crippen LogP contribution is -2.53. The fraction of sp³-hybridized carbons (Fsp3) is 0.311. The molecule has 4 amide bonds. The average molecular weight is 779 g/mol. The van der Waals surface area contributed by atoms with Crippen molar-refractivity contribution in [2.45, 2.75) is 51.5 Å². The number of amides is 4. The maximum atomic E-state index is 13.3. The van der Waals surface area contributed by atoms with Crippen molar-refractivity contribution in [2.75, 3.05) is 44.2 Å². The molecule has 0 saturated carbocycles. The first-order valence-corrected chi connectivity index (χ1v) is 19.9. The molecule has 2 fully saturated rings. The van der Waals surface area contributed by atoms with Crippen molar-refractivity contribution < 1.29 is 23.9 Å². The van der Waals surface area contributed by atoms with Crippen LogP contribution in [0.5, 0.6) is 5.75 Å². The summed E-state index contributed by atoms with van der Waals surface area (Å²) in [5, 5.41) is 4.51. The summed E-state index contributed by atoms with van der Waals surface area (Å²) >= 11 is 0. The Morgan fingerprint density at radius 1 is 0.879 bits per heavy atom. The zero-order valence-electron chi connectivity index (χ0n) is 32.5. The summed E-state index contributed by atoms with van der Waals surface area (Å²) in [7, 11) is 0. The zero-order chi connectivity index (χ0) is 40.0. The van der Waals surface area contributed by atoms with Gasteiger partial charge in [-0.1, -0.05) is 30.3 Å². The molecule has 13 nitrogen and oxygen atoms in total. The summed E-state index contributed by atoms with van der Waals surface area (Å²) in [4.78, 5) is 72.1. The number of aromatic amines is 1. The SMILES string of the molecule is Cc1ccc(OCCCc2ccc(N3CCN(CCCc4ccc(-c5ccc6c(c5)[nH]c5ccncc56)cn4)CC3)nc2)cc1C(=O)N(C=O)C1CCC(=O)NC1=O. The van der Waals surface area contributed by atoms with E-state index < -0.39 is 23.8 Å². The molecular formula is C45H46N8O5. The molecule has 2 aromatic carbocycles. The van der Waals surface area contributed by atoms with E-state index in [4.69, 9.17) is 14.7 Å². The van der Waals surface area contributed by atoms with Gasteiger partial charge in [-0.05, 0) is 98.7 Å². The number of piperidine rings is 1. The smallest absolute Gasteiger partial charge is 0.261 e. The van der Waals surface area contributed by atoms with Crippen LogP contribution in [-0.4, -0.2) is 99.2 Å². The van der Waals surface area contributed by atoms with Crippen LogP contribution in [-0.2, 0) is 27.2 Å².